The molecule has 0 spiro atoms. The molecular weight excluding hydrogens is 322 g/mol. The summed E-state index contributed by atoms with van der Waals surface area (Å²) < 4.78 is 5.78. The van der Waals surface area contributed by atoms with Crippen LogP contribution in [0.2, 0.25) is 0 Å². The summed E-state index contributed by atoms with van der Waals surface area (Å²) in [5.41, 5.74) is 4.51. The van der Waals surface area contributed by atoms with Crippen LogP contribution in [0.15, 0.2) is 41.0 Å². The minimum Gasteiger partial charge on any atom is -0.507 e. The Balaban J connectivity index is 1.79. The Kier molecular flexibility index (Phi) is 4.26. The van der Waals surface area contributed by atoms with Gasteiger partial charge >= 0.3 is 0 Å². The highest BCUT2D eigenvalue weighted by atomic mass is 16.3. The van der Waals surface area contributed by atoms with E-state index in [1.165, 1.54) is 37.7 Å². The summed E-state index contributed by atoms with van der Waals surface area (Å²) in [5, 5.41) is 11.5. The highest BCUT2D eigenvalue weighted by molar-refractivity contribution is 5.96. The Hall–Kier alpha value is -2.29. The fourth-order valence-corrected chi connectivity index (χ4v) is 4.41. The molecule has 0 amide bonds. The van der Waals surface area contributed by atoms with Gasteiger partial charge < -0.3 is 9.52 Å². The summed E-state index contributed by atoms with van der Waals surface area (Å²) in [5.74, 6) is 0.867. The summed E-state index contributed by atoms with van der Waals surface area (Å²) in [7, 11) is 0. The number of pyridine rings is 1. The normalized spacial score (nSPS) is 16.3. The number of fused-ring (bicyclic) bond motifs is 1. The SMILES string of the molecule is Cc1cccc(-c2coc3nc(C(C)(C)C4CCCCC4)cc(O)c23)c1. The third-order valence-electron chi connectivity index (χ3n) is 6.14. The molecule has 1 aromatic carbocycles. The Morgan fingerprint density at radius 3 is 2.62 bits per heavy atom. The molecule has 0 aliphatic heterocycles. The average molecular weight is 349 g/mol. The van der Waals surface area contributed by atoms with Gasteiger partial charge in [-0.2, -0.15) is 0 Å². The highest BCUT2D eigenvalue weighted by Crippen LogP contribution is 2.43. The third kappa shape index (κ3) is 2.90. The van der Waals surface area contributed by atoms with Gasteiger partial charge in [-0.05, 0) is 31.2 Å². The molecule has 0 saturated heterocycles. The van der Waals surface area contributed by atoms with E-state index in [4.69, 9.17) is 9.40 Å². The van der Waals surface area contributed by atoms with Gasteiger partial charge in [-0.15, -0.1) is 0 Å². The van der Waals surface area contributed by atoms with E-state index in [9.17, 15) is 5.11 Å². The molecule has 136 valence electrons. The minimum atomic E-state index is -0.0671. The van der Waals surface area contributed by atoms with Gasteiger partial charge in [-0.3, -0.25) is 0 Å². The van der Waals surface area contributed by atoms with E-state index in [2.05, 4.69) is 32.9 Å². The third-order valence-corrected chi connectivity index (χ3v) is 6.14. The summed E-state index contributed by atoms with van der Waals surface area (Å²) in [4.78, 5) is 4.82. The lowest BCUT2D eigenvalue weighted by Gasteiger charge is -2.36. The number of hydrogen-bond acceptors (Lipinski definition) is 3. The maximum atomic E-state index is 10.8. The number of hydrogen-bond donors (Lipinski definition) is 1. The van der Waals surface area contributed by atoms with Crippen molar-refractivity contribution in [3.63, 3.8) is 0 Å². The number of nitrogens with zero attached hydrogens (tertiary/aromatic N) is 1. The molecule has 1 aliphatic rings. The van der Waals surface area contributed by atoms with E-state index in [1.807, 2.05) is 18.2 Å². The second kappa shape index (κ2) is 6.46. The Morgan fingerprint density at radius 2 is 1.88 bits per heavy atom. The van der Waals surface area contributed by atoms with Crippen molar-refractivity contribution in [1.82, 2.24) is 4.98 Å². The van der Waals surface area contributed by atoms with Crippen molar-refractivity contribution in [3.8, 4) is 16.9 Å². The lowest BCUT2D eigenvalue weighted by atomic mass is 9.69. The predicted octanol–water partition coefficient (Wildman–Crippen LogP) is 6.37. The number of rotatable bonds is 3. The summed E-state index contributed by atoms with van der Waals surface area (Å²) in [6.45, 7) is 6.57. The fourth-order valence-electron chi connectivity index (χ4n) is 4.41. The molecule has 0 radical (unpaired) electrons. The van der Waals surface area contributed by atoms with E-state index in [-0.39, 0.29) is 11.2 Å². The van der Waals surface area contributed by atoms with Gasteiger partial charge in [0.2, 0.25) is 5.71 Å². The molecule has 0 atom stereocenters. The van der Waals surface area contributed by atoms with E-state index in [0.717, 1.165) is 16.8 Å². The molecule has 4 rings (SSSR count). The largest absolute Gasteiger partial charge is 0.507 e. The monoisotopic (exact) mass is 349 g/mol. The van der Waals surface area contributed by atoms with Crippen molar-refractivity contribution in [2.24, 2.45) is 5.92 Å². The molecule has 2 heterocycles. The van der Waals surface area contributed by atoms with Gasteiger partial charge in [0.25, 0.3) is 0 Å². The summed E-state index contributed by atoms with van der Waals surface area (Å²) in [6.07, 6.45) is 8.10. The van der Waals surface area contributed by atoms with Gasteiger partial charge in [0.15, 0.2) is 0 Å². The highest BCUT2D eigenvalue weighted by Gasteiger charge is 2.34. The lowest BCUT2D eigenvalue weighted by Crippen LogP contribution is -2.31. The first-order valence-electron chi connectivity index (χ1n) is 9.65. The van der Waals surface area contributed by atoms with Crippen LogP contribution in [0, 0.1) is 12.8 Å². The number of aromatic nitrogens is 1. The molecule has 0 bridgehead atoms. The second-order valence-corrected chi connectivity index (χ2v) is 8.28. The molecule has 1 N–H and O–H groups in total. The van der Waals surface area contributed by atoms with Crippen LogP contribution in [-0.2, 0) is 5.41 Å². The van der Waals surface area contributed by atoms with Crippen molar-refractivity contribution in [2.45, 2.75) is 58.3 Å². The Labute approximate surface area is 155 Å². The number of furan rings is 1. The molecular formula is C23H27NO2. The average Bonchev–Trinajstić information content (AvgIpc) is 3.07. The summed E-state index contributed by atoms with van der Waals surface area (Å²) >= 11 is 0. The molecule has 0 unspecified atom stereocenters. The van der Waals surface area contributed by atoms with Crippen LogP contribution < -0.4 is 0 Å². The Morgan fingerprint density at radius 1 is 1.12 bits per heavy atom. The lowest BCUT2D eigenvalue weighted by molar-refractivity contribution is 0.231. The first kappa shape index (κ1) is 17.1. The number of benzene rings is 1. The van der Waals surface area contributed by atoms with Crippen LogP contribution >= 0.6 is 0 Å². The van der Waals surface area contributed by atoms with Crippen LogP contribution in [0.3, 0.4) is 0 Å². The van der Waals surface area contributed by atoms with Crippen molar-refractivity contribution < 1.29 is 9.52 Å². The molecule has 1 fully saturated rings. The first-order chi connectivity index (χ1) is 12.5. The summed E-state index contributed by atoms with van der Waals surface area (Å²) in [6, 6.07) is 10.1. The second-order valence-electron chi connectivity index (χ2n) is 8.28. The molecule has 1 aliphatic carbocycles. The molecule has 1 saturated carbocycles. The van der Waals surface area contributed by atoms with E-state index in [0.29, 0.717) is 17.0 Å². The molecule has 2 aromatic heterocycles. The van der Waals surface area contributed by atoms with Crippen molar-refractivity contribution >= 4 is 11.1 Å². The van der Waals surface area contributed by atoms with Gasteiger partial charge in [-0.1, -0.05) is 62.9 Å². The maximum Gasteiger partial charge on any atom is 0.230 e. The molecule has 3 heteroatoms. The zero-order valence-corrected chi connectivity index (χ0v) is 15.9. The first-order valence-corrected chi connectivity index (χ1v) is 9.65. The zero-order chi connectivity index (χ0) is 18.3. The predicted molar refractivity (Wildman–Crippen MR) is 105 cm³/mol. The fraction of sp³-hybridized carbons (Fsp3) is 0.435. The van der Waals surface area contributed by atoms with Gasteiger partial charge in [0, 0.05) is 17.0 Å². The van der Waals surface area contributed by atoms with Crippen LogP contribution in [0.4, 0.5) is 0 Å². The van der Waals surface area contributed by atoms with Crippen LogP contribution in [-0.4, -0.2) is 10.1 Å². The molecule has 3 aromatic rings. The number of aromatic hydroxyl groups is 1. The minimum absolute atomic E-state index is 0.0671. The smallest absolute Gasteiger partial charge is 0.230 e. The van der Waals surface area contributed by atoms with Crippen LogP contribution in [0.1, 0.15) is 57.2 Å². The number of aryl methyl sites for hydroxylation is 1. The van der Waals surface area contributed by atoms with E-state index < -0.39 is 0 Å². The molecule has 26 heavy (non-hydrogen) atoms. The van der Waals surface area contributed by atoms with Crippen LogP contribution in [0.25, 0.3) is 22.2 Å². The van der Waals surface area contributed by atoms with Gasteiger partial charge in [-0.25, -0.2) is 4.98 Å². The van der Waals surface area contributed by atoms with E-state index >= 15 is 0 Å². The van der Waals surface area contributed by atoms with Crippen molar-refractivity contribution in [3.05, 3.63) is 47.9 Å². The van der Waals surface area contributed by atoms with Gasteiger partial charge in [0.1, 0.15) is 12.0 Å². The zero-order valence-electron chi connectivity index (χ0n) is 15.9. The van der Waals surface area contributed by atoms with Crippen molar-refractivity contribution in [1.29, 1.82) is 0 Å². The maximum absolute atomic E-state index is 10.8. The standard InChI is InChI=1S/C23H27NO2/c1-15-8-7-9-16(12-15)18-14-26-22-21(18)19(25)13-20(24-22)23(2,3)17-10-5-4-6-11-17/h7-9,12-14,17H,4-6,10-11H2,1-3H3,(H,24,25). The van der Waals surface area contributed by atoms with Crippen LogP contribution in [0.5, 0.6) is 5.75 Å². The van der Waals surface area contributed by atoms with E-state index in [1.54, 1.807) is 6.26 Å². The quantitative estimate of drug-likeness (QED) is 0.598. The van der Waals surface area contributed by atoms with Gasteiger partial charge in [0.05, 0.1) is 11.1 Å². The topological polar surface area (TPSA) is 46.3 Å². The van der Waals surface area contributed by atoms with Crippen molar-refractivity contribution in [2.75, 3.05) is 0 Å². The Bertz CT molecular complexity index is 933. The molecule has 3 nitrogen and oxygen atoms in total.